The van der Waals surface area contributed by atoms with Crippen LogP contribution in [0.25, 0.3) is 75.1 Å². The first-order valence-corrected chi connectivity index (χ1v) is 14.2. The lowest BCUT2D eigenvalue weighted by atomic mass is 9.85. The van der Waals surface area contributed by atoms with Gasteiger partial charge in [-0.1, -0.05) is 133 Å². The maximum atomic E-state index is 2.34. The highest BCUT2D eigenvalue weighted by Gasteiger charge is 2.19. The topological polar surface area (TPSA) is 0 Å². The summed E-state index contributed by atoms with van der Waals surface area (Å²) in [4.78, 5) is 0. The van der Waals surface area contributed by atoms with E-state index in [-0.39, 0.29) is 0 Å². The van der Waals surface area contributed by atoms with Crippen LogP contribution in [-0.4, -0.2) is 0 Å². The van der Waals surface area contributed by atoms with Crippen LogP contribution in [0.5, 0.6) is 0 Å². The van der Waals surface area contributed by atoms with E-state index in [0.29, 0.717) is 0 Å². The van der Waals surface area contributed by atoms with Gasteiger partial charge in [-0.15, -0.1) is 11.3 Å². The van der Waals surface area contributed by atoms with E-state index in [2.05, 4.69) is 146 Å². The Morgan fingerprint density at radius 1 is 0.333 bits per heavy atom. The van der Waals surface area contributed by atoms with E-state index < -0.39 is 0 Å². The molecular weight excluding hydrogens is 488 g/mol. The molecule has 0 spiro atoms. The molecule has 0 aliphatic carbocycles. The third-order valence-corrected chi connectivity index (χ3v) is 9.08. The van der Waals surface area contributed by atoms with E-state index in [1.54, 1.807) is 0 Å². The number of fused-ring (bicyclic) bond motifs is 5. The van der Waals surface area contributed by atoms with Crippen LogP contribution in [0.1, 0.15) is 0 Å². The van der Waals surface area contributed by atoms with Gasteiger partial charge in [0.1, 0.15) is 0 Å². The highest BCUT2D eigenvalue weighted by atomic mass is 32.1. The van der Waals surface area contributed by atoms with E-state index in [9.17, 15) is 0 Å². The molecule has 0 unspecified atom stereocenters. The molecule has 8 rings (SSSR count). The Hall–Kier alpha value is -4.72. The van der Waals surface area contributed by atoms with Crippen molar-refractivity contribution >= 4 is 53.1 Å². The first-order chi connectivity index (χ1) is 19.4. The maximum absolute atomic E-state index is 2.34. The molecule has 0 saturated heterocycles. The van der Waals surface area contributed by atoms with Crippen molar-refractivity contribution < 1.29 is 0 Å². The molecule has 0 N–H and O–H groups in total. The van der Waals surface area contributed by atoms with Crippen molar-refractivity contribution in [2.45, 2.75) is 0 Å². The van der Waals surface area contributed by atoms with Gasteiger partial charge >= 0.3 is 0 Å². The Labute approximate surface area is 231 Å². The zero-order valence-corrected chi connectivity index (χ0v) is 22.1. The van der Waals surface area contributed by atoms with Crippen molar-refractivity contribution in [2.24, 2.45) is 0 Å². The highest BCUT2D eigenvalue weighted by molar-refractivity contribution is 7.26. The van der Waals surface area contributed by atoms with E-state index >= 15 is 0 Å². The van der Waals surface area contributed by atoms with Gasteiger partial charge in [0, 0.05) is 25.7 Å². The lowest BCUT2D eigenvalue weighted by molar-refractivity contribution is 1.61. The number of thiophene rings is 1. The van der Waals surface area contributed by atoms with Crippen LogP contribution in [0.3, 0.4) is 0 Å². The largest absolute Gasteiger partial charge is 0.135 e. The lowest BCUT2D eigenvalue weighted by Gasteiger charge is -2.18. The summed E-state index contributed by atoms with van der Waals surface area (Å²) >= 11 is 1.90. The van der Waals surface area contributed by atoms with Gasteiger partial charge in [-0.2, -0.15) is 0 Å². The lowest BCUT2D eigenvalue weighted by Crippen LogP contribution is -1.91. The van der Waals surface area contributed by atoms with Gasteiger partial charge < -0.3 is 0 Å². The summed E-state index contributed by atoms with van der Waals surface area (Å²) < 4.78 is 2.69. The van der Waals surface area contributed by atoms with Gasteiger partial charge in [-0.05, 0) is 61.5 Å². The summed E-state index contributed by atoms with van der Waals surface area (Å²) in [6.45, 7) is 0. The standard InChI is InChI=1S/C38H24S/c1-2-12-25(13-3-1)26-14-10-15-27(24-26)36-29-17-4-6-19-31(29)37(32-20-7-5-18-30(32)36)34-22-11-21-33-28-16-8-9-23-35(28)39-38(33)34/h1-24H. The van der Waals surface area contributed by atoms with E-state index in [1.807, 2.05) is 11.3 Å². The molecule has 39 heavy (non-hydrogen) atoms. The van der Waals surface area contributed by atoms with E-state index in [4.69, 9.17) is 0 Å². The quantitative estimate of drug-likeness (QED) is 0.207. The Kier molecular flexibility index (Phi) is 5.11. The van der Waals surface area contributed by atoms with Crippen LogP contribution in [0, 0.1) is 0 Å². The van der Waals surface area contributed by atoms with Gasteiger partial charge in [0.25, 0.3) is 0 Å². The molecule has 0 saturated carbocycles. The second-order valence-corrected chi connectivity index (χ2v) is 11.1. The second-order valence-electron chi connectivity index (χ2n) is 10.1. The Balaban J connectivity index is 1.48. The summed E-state index contributed by atoms with van der Waals surface area (Å²) in [6.07, 6.45) is 0. The number of hydrogen-bond acceptors (Lipinski definition) is 1. The molecule has 0 radical (unpaired) electrons. The van der Waals surface area contributed by atoms with Crippen molar-refractivity contribution in [3.8, 4) is 33.4 Å². The average Bonchev–Trinajstić information content (AvgIpc) is 3.39. The molecule has 0 aliphatic heterocycles. The van der Waals surface area contributed by atoms with E-state index in [1.165, 1.54) is 75.1 Å². The third-order valence-electron chi connectivity index (χ3n) is 7.86. The van der Waals surface area contributed by atoms with Crippen molar-refractivity contribution in [3.05, 3.63) is 146 Å². The molecule has 7 aromatic carbocycles. The van der Waals surface area contributed by atoms with Crippen LogP contribution >= 0.6 is 11.3 Å². The van der Waals surface area contributed by atoms with Crippen molar-refractivity contribution in [3.63, 3.8) is 0 Å². The normalized spacial score (nSPS) is 11.6. The maximum Gasteiger partial charge on any atom is 0.0434 e. The molecule has 0 aliphatic rings. The zero-order chi connectivity index (χ0) is 25.8. The fraction of sp³-hybridized carbons (Fsp3) is 0. The molecule has 0 fully saturated rings. The molecule has 1 aromatic heterocycles. The predicted molar refractivity (Wildman–Crippen MR) is 171 cm³/mol. The molecule has 0 bridgehead atoms. The fourth-order valence-corrected chi connectivity index (χ4v) is 7.38. The second kappa shape index (κ2) is 8.94. The van der Waals surface area contributed by atoms with Gasteiger partial charge in [0.2, 0.25) is 0 Å². The molecule has 0 nitrogen and oxygen atoms in total. The molecular formula is C38H24S. The van der Waals surface area contributed by atoms with Crippen molar-refractivity contribution in [1.29, 1.82) is 0 Å². The number of rotatable bonds is 3. The van der Waals surface area contributed by atoms with Crippen LogP contribution in [-0.2, 0) is 0 Å². The van der Waals surface area contributed by atoms with Gasteiger partial charge in [-0.25, -0.2) is 0 Å². The van der Waals surface area contributed by atoms with Gasteiger partial charge in [-0.3, -0.25) is 0 Å². The highest BCUT2D eigenvalue weighted by Crippen LogP contribution is 2.47. The molecule has 182 valence electrons. The molecule has 1 heterocycles. The molecule has 8 aromatic rings. The Bertz CT molecular complexity index is 2110. The minimum absolute atomic E-state index is 1.24. The first kappa shape index (κ1) is 22.3. The Morgan fingerprint density at radius 3 is 1.56 bits per heavy atom. The monoisotopic (exact) mass is 512 g/mol. The first-order valence-electron chi connectivity index (χ1n) is 13.4. The van der Waals surface area contributed by atoms with Crippen LogP contribution < -0.4 is 0 Å². The SMILES string of the molecule is c1ccc(-c2cccc(-c3c4ccccc4c(-c4cccc5c4sc4ccccc45)c4ccccc34)c2)cc1. The molecule has 0 atom stereocenters. The Morgan fingerprint density at radius 2 is 0.846 bits per heavy atom. The molecule has 1 heteroatoms. The minimum atomic E-state index is 1.24. The average molecular weight is 513 g/mol. The van der Waals surface area contributed by atoms with Crippen molar-refractivity contribution in [2.75, 3.05) is 0 Å². The smallest absolute Gasteiger partial charge is 0.0434 e. The summed E-state index contributed by atoms with van der Waals surface area (Å²) in [6, 6.07) is 53.1. The minimum Gasteiger partial charge on any atom is -0.135 e. The summed E-state index contributed by atoms with van der Waals surface area (Å²) in [7, 11) is 0. The number of benzene rings is 7. The number of hydrogen-bond donors (Lipinski definition) is 0. The summed E-state index contributed by atoms with van der Waals surface area (Å²) in [5.41, 5.74) is 7.65. The van der Waals surface area contributed by atoms with E-state index in [0.717, 1.165) is 0 Å². The molecule has 0 amide bonds. The third kappa shape index (κ3) is 3.51. The summed E-state index contributed by atoms with van der Waals surface area (Å²) in [5, 5.41) is 7.83. The zero-order valence-electron chi connectivity index (χ0n) is 21.3. The van der Waals surface area contributed by atoms with Crippen LogP contribution in [0.4, 0.5) is 0 Å². The van der Waals surface area contributed by atoms with Crippen LogP contribution in [0.2, 0.25) is 0 Å². The van der Waals surface area contributed by atoms with Crippen molar-refractivity contribution in [1.82, 2.24) is 0 Å². The van der Waals surface area contributed by atoms with Gasteiger partial charge in [0.05, 0.1) is 0 Å². The fourth-order valence-electron chi connectivity index (χ4n) is 6.16. The van der Waals surface area contributed by atoms with Gasteiger partial charge in [0.15, 0.2) is 0 Å². The van der Waals surface area contributed by atoms with Crippen LogP contribution in [0.15, 0.2) is 146 Å². The predicted octanol–water partition coefficient (Wildman–Crippen LogP) is 11.4. The summed E-state index contributed by atoms with van der Waals surface area (Å²) in [5.74, 6) is 0.